The molecule has 15 heavy (non-hydrogen) atoms. The number of rotatable bonds is 3. The molecule has 0 saturated carbocycles. The highest BCUT2D eigenvalue weighted by molar-refractivity contribution is 7.92. The summed E-state index contributed by atoms with van der Waals surface area (Å²) in [6.45, 7) is 3.58. The van der Waals surface area contributed by atoms with Gasteiger partial charge in [0.15, 0.2) is 15.1 Å². The van der Waals surface area contributed by atoms with Gasteiger partial charge in [0.25, 0.3) is 0 Å². The quantitative estimate of drug-likeness (QED) is 0.788. The molecule has 0 amide bonds. The largest absolute Gasteiger partial charge is 0.222 e. The smallest absolute Gasteiger partial charge is 0.194 e. The van der Waals surface area contributed by atoms with E-state index in [0.717, 1.165) is 5.56 Å². The monoisotopic (exact) mass is 223 g/mol. The average Bonchev–Trinajstić information content (AvgIpc) is 2.19. The molecule has 1 rings (SSSR count). The van der Waals surface area contributed by atoms with Crippen molar-refractivity contribution in [3.8, 4) is 6.07 Å². The zero-order valence-electron chi connectivity index (χ0n) is 8.77. The van der Waals surface area contributed by atoms with Gasteiger partial charge in [0.05, 0.1) is 11.0 Å². The zero-order valence-corrected chi connectivity index (χ0v) is 9.58. The van der Waals surface area contributed by atoms with Gasteiger partial charge < -0.3 is 0 Å². The Morgan fingerprint density at radius 2 is 1.87 bits per heavy atom. The van der Waals surface area contributed by atoms with E-state index in [1.165, 1.54) is 0 Å². The number of sulfone groups is 1. The van der Waals surface area contributed by atoms with Crippen LogP contribution in [-0.4, -0.2) is 13.7 Å². The van der Waals surface area contributed by atoms with Crippen LogP contribution in [-0.2, 0) is 9.84 Å². The Morgan fingerprint density at radius 1 is 1.33 bits per heavy atom. The first-order valence-corrected chi connectivity index (χ1v) is 6.27. The molecule has 0 fully saturated rings. The molecular formula is C11H13NO2S. The fourth-order valence-corrected chi connectivity index (χ4v) is 2.69. The van der Waals surface area contributed by atoms with Crippen LogP contribution < -0.4 is 0 Å². The van der Waals surface area contributed by atoms with E-state index in [1.807, 2.05) is 13.0 Å². The van der Waals surface area contributed by atoms with Gasteiger partial charge in [-0.15, -0.1) is 0 Å². The van der Waals surface area contributed by atoms with Gasteiger partial charge in [-0.2, -0.15) is 5.26 Å². The normalized spacial score (nSPS) is 13.1. The topological polar surface area (TPSA) is 57.9 Å². The molecule has 0 spiro atoms. The Labute approximate surface area is 90.3 Å². The fourth-order valence-electron chi connectivity index (χ4n) is 1.27. The van der Waals surface area contributed by atoms with Crippen LogP contribution in [0.3, 0.4) is 0 Å². The highest BCUT2D eigenvalue weighted by atomic mass is 32.2. The summed E-state index contributed by atoms with van der Waals surface area (Å²) in [4.78, 5) is 0.224. The van der Waals surface area contributed by atoms with Gasteiger partial charge in [0.1, 0.15) is 0 Å². The molecule has 0 aliphatic heterocycles. The van der Waals surface area contributed by atoms with Crippen LogP contribution in [0.2, 0.25) is 0 Å². The summed E-state index contributed by atoms with van der Waals surface area (Å²) in [7, 11) is -3.48. The summed E-state index contributed by atoms with van der Waals surface area (Å²) in [5.74, 6) is 0. The lowest BCUT2D eigenvalue weighted by atomic mass is 10.2. The molecule has 3 nitrogen and oxygen atoms in total. The number of aryl methyl sites for hydroxylation is 1. The van der Waals surface area contributed by atoms with Crippen LogP contribution in [0.1, 0.15) is 18.9 Å². The van der Waals surface area contributed by atoms with E-state index in [4.69, 9.17) is 5.26 Å². The van der Waals surface area contributed by atoms with Gasteiger partial charge in [0.2, 0.25) is 0 Å². The molecule has 0 bridgehead atoms. The molecule has 0 heterocycles. The van der Waals surface area contributed by atoms with E-state index >= 15 is 0 Å². The van der Waals surface area contributed by atoms with Crippen molar-refractivity contribution in [1.29, 1.82) is 5.26 Å². The molecule has 1 aromatic rings. The van der Waals surface area contributed by atoms with E-state index < -0.39 is 15.1 Å². The standard InChI is InChI=1S/C11H13NO2S/c1-3-10(8-12)15(13,14)11-6-4-9(2)5-7-11/h4-7,10H,3H2,1-2H3. The van der Waals surface area contributed by atoms with Crippen molar-refractivity contribution in [3.05, 3.63) is 29.8 Å². The summed E-state index contributed by atoms with van der Waals surface area (Å²) in [5.41, 5.74) is 0.999. The third kappa shape index (κ3) is 2.37. The predicted molar refractivity (Wildman–Crippen MR) is 58.1 cm³/mol. The lowest BCUT2D eigenvalue weighted by molar-refractivity contribution is 0.587. The molecule has 0 radical (unpaired) electrons. The number of nitrogens with zero attached hydrogens (tertiary/aromatic N) is 1. The molecule has 1 aromatic carbocycles. The zero-order chi connectivity index (χ0) is 11.5. The van der Waals surface area contributed by atoms with Crippen LogP contribution in [0.4, 0.5) is 0 Å². The minimum absolute atomic E-state index is 0.224. The number of hydrogen-bond donors (Lipinski definition) is 0. The Hall–Kier alpha value is -1.34. The number of benzene rings is 1. The molecule has 1 atom stereocenters. The fraction of sp³-hybridized carbons (Fsp3) is 0.364. The summed E-state index contributed by atoms with van der Waals surface area (Å²) < 4.78 is 23.8. The van der Waals surface area contributed by atoms with Crippen molar-refractivity contribution in [1.82, 2.24) is 0 Å². The van der Waals surface area contributed by atoms with E-state index in [1.54, 1.807) is 31.2 Å². The Bertz CT molecular complexity index is 468. The SMILES string of the molecule is CCC(C#N)S(=O)(=O)c1ccc(C)cc1. The van der Waals surface area contributed by atoms with Crippen molar-refractivity contribution in [3.63, 3.8) is 0 Å². The van der Waals surface area contributed by atoms with Crippen molar-refractivity contribution in [2.24, 2.45) is 0 Å². The van der Waals surface area contributed by atoms with Crippen LogP contribution in [0.15, 0.2) is 29.2 Å². The first-order chi connectivity index (χ1) is 7.02. The van der Waals surface area contributed by atoms with Crippen molar-refractivity contribution in [2.75, 3.05) is 0 Å². The number of nitriles is 1. The molecular weight excluding hydrogens is 210 g/mol. The van der Waals surface area contributed by atoms with Gasteiger partial charge in [0, 0.05) is 0 Å². The molecule has 0 aliphatic carbocycles. The number of hydrogen-bond acceptors (Lipinski definition) is 3. The van der Waals surface area contributed by atoms with Gasteiger partial charge in [-0.25, -0.2) is 8.42 Å². The molecule has 80 valence electrons. The first-order valence-electron chi connectivity index (χ1n) is 4.72. The second-order valence-corrected chi connectivity index (χ2v) is 5.51. The minimum atomic E-state index is -3.48. The maximum atomic E-state index is 11.9. The Balaban J connectivity index is 3.18. The van der Waals surface area contributed by atoms with Crippen LogP contribution in [0.25, 0.3) is 0 Å². The van der Waals surface area contributed by atoms with E-state index in [9.17, 15) is 8.42 Å². The predicted octanol–water partition coefficient (Wildman–Crippen LogP) is 2.07. The second kappa shape index (κ2) is 4.45. The molecule has 0 saturated heterocycles. The van der Waals surface area contributed by atoms with Gasteiger partial charge in [-0.3, -0.25) is 0 Å². The van der Waals surface area contributed by atoms with Crippen molar-refractivity contribution in [2.45, 2.75) is 30.4 Å². The molecule has 0 aromatic heterocycles. The Kier molecular flexibility index (Phi) is 3.48. The molecule has 1 unspecified atom stereocenters. The average molecular weight is 223 g/mol. The molecule has 0 N–H and O–H groups in total. The van der Waals surface area contributed by atoms with E-state index in [-0.39, 0.29) is 4.90 Å². The van der Waals surface area contributed by atoms with Crippen LogP contribution in [0, 0.1) is 18.3 Å². The van der Waals surface area contributed by atoms with Gasteiger partial charge in [-0.1, -0.05) is 24.6 Å². The maximum absolute atomic E-state index is 11.9. The lowest BCUT2D eigenvalue weighted by Gasteiger charge is -2.08. The third-order valence-electron chi connectivity index (χ3n) is 2.24. The highest BCUT2D eigenvalue weighted by Gasteiger charge is 2.25. The first kappa shape index (κ1) is 11.7. The summed E-state index contributed by atoms with van der Waals surface area (Å²) >= 11 is 0. The summed E-state index contributed by atoms with van der Waals surface area (Å²) in [6.07, 6.45) is 0.312. The molecule has 4 heteroatoms. The highest BCUT2D eigenvalue weighted by Crippen LogP contribution is 2.18. The van der Waals surface area contributed by atoms with Crippen molar-refractivity contribution >= 4 is 9.84 Å². The Morgan fingerprint density at radius 3 is 2.27 bits per heavy atom. The maximum Gasteiger partial charge on any atom is 0.194 e. The van der Waals surface area contributed by atoms with Crippen LogP contribution >= 0.6 is 0 Å². The van der Waals surface area contributed by atoms with Gasteiger partial charge in [-0.05, 0) is 25.5 Å². The summed E-state index contributed by atoms with van der Waals surface area (Å²) in [5, 5.41) is 7.80. The minimum Gasteiger partial charge on any atom is -0.222 e. The second-order valence-electron chi connectivity index (χ2n) is 3.38. The summed E-state index contributed by atoms with van der Waals surface area (Å²) in [6, 6.07) is 8.38. The van der Waals surface area contributed by atoms with Gasteiger partial charge >= 0.3 is 0 Å². The van der Waals surface area contributed by atoms with Crippen molar-refractivity contribution < 1.29 is 8.42 Å². The molecule has 0 aliphatic rings. The van der Waals surface area contributed by atoms with Crippen LogP contribution in [0.5, 0.6) is 0 Å². The van der Waals surface area contributed by atoms with E-state index in [2.05, 4.69) is 0 Å². The lowest BCUT2D eigenvalue weighted by Crippen LogP contribution is -2.18. The van der Waals surface area contributed by atoms with E-state index in [0.29, 0.717) is 6.42 Å². The third-order valence-corrected chi connectivity index (χ3v) is 4.36.